The molecule has 1 fully saturated rings. The van der Waals surface area contributed by atoms with Crippen LogP contribution in [0.4, 0.5) is 0 Å². The standard InChI is InChI=1S/C3H6O.H3O4P/c1-3-2-4-3;1-5(2,3)4/h3H,2H2,1H3;(H3,1,2,3,4). The van der Waals surface area contributed by atoms with Crippen molar-refractivity contribution in [3.8, 4) is 0 Å². The number of epoxide rings is 1. The smallest absolute Gasteiger partial charge is 0.373 e. The van der Waals surface area contributed by atoms with Crippen LogP contribution < -0.4 is 0 Å². The van der Waals surface area contributed by atoms with Crippen molar-refractivity contribution in [1.82, 2.24) is 0 Å². The molecule has 6 heteroatoms. The molecule has 3 N–H and O–H groups in total. The summed E-state index contributed by atoms with van der Waals surface area (Å²) >= 11 is 0. The summed E-state index contributed by atoms with van der Waals surface area (Å²) in [5.74, 6) is 0. The number of hydrogen-bond acceptors (Lipinski definition) is 2. The quantitative estimate of drug-likeness (QED) is 0.324. The van der Waals surface area contributed by atoms with E-state index in [1.54, 1.807) is 0 Å². The van der Waals surface area contributed by atoms with E-state index in [-0.39, 0.29) is 0 Å². The van der Waals surface area contributed by atoms with Gasteiger partial charge in [-0.1, -0.05) is 0 Å². The van der Waals surface area contributed by atoms with Gasteiger partial charge in [0.05, 0.1) is 12.7 Å². The first kappa shape index (κ1) is 9.07. The molecule has 0 aliphatic carbocycles. The van der Waals surface area contributed by atoms with Gasteiger partial charge in [0.1, 0.15) is 0 Å². The average molecular weight is 156 g/mol. The van der Waals surface area contributed by atoms with E-state index in [9.17, 15) is 0 Å². The Morgan fingerprint density at radius 2 is 1.67 bits per heavy atom. The molecule has 0 aromatic rings. The first-order chi connectivity index (χ1) is 3.89. The summed E-state index contributed by atoms with van der Waals surface area (Å²) in [6.07, 6.45) is 0.583. The van der Waals surface area contributed by atoms with E-state index in [2.05, 4.69) is 6.92 Å². The summed E-state index contributed by atoms with van der Waals surface area (Å²) < 4.78 is 13.6. The average Bonchev–Trinajstić information content (AvgIpc) is 2.13. The predicted octanol–water partition coefficient (Wildman–Crippen LogP) is -0.524. The number of hydrogen-bond donors (Lipinski definition) is 3. The lowest BCUT2D eigenvalue weighted by molar-refractivity contribution is 0.275. The molecule has 1 unspecified atom stereocenters. The third kappa shape index (κ3) is 31.5. The fourth-order valence-electron chi connectivity index (χ4n) is 0.0962. The van der Waals surface area contributed by atoms with Gasteiger partial charge >= 0.3 is 7.82 Å². The maximum absolute atomic E-state index is 8.88. The Balaban J connectivity index is 0.000000144. The monoisotopic (exact) mass is 156 g/mol. The highest BCUT2D eigenvalue weighted by molar-refractivity contribution is 7.45. The molecular weight excluding hydrogens is 147 g/mol. The maximum atomic E-state index is 8.88. The molecular formula is C3H9O5P. The van der Waals surface area contributed by atoms with Crippen LogP contribution in [-0.4, -0.2) is 27.4 Å². The van der Waals surface area contributed by atoms with Gasteiger partial charge in [0.25, 0.3) is 0 Å². The number of rotatable bonds is 0. The van der Waals surface area contributed by atoms with Crippen LogP contribution in [0.2, 0.25) is 0 Å². The number of phosphoric acid groups is 1. The highest BCUT2D eigenvalue weighted by Crippen LogP contribution is 2.25. The van der Waals surface area contributed by atoms with E-state index < -0.39 is 7.82 Å². The molecule has 1 aliphatic rings. The molecule has 0 radical (unpaired) electrons. The van der Waals surface area contributed by atoms with Gasteiger partial charge < -0.3 is 19.4 Å². The van der Waals surface area contributed by atoms with Crippen LogP contribution in [0.15, 0.2) is 0 Å². The summed E-state index contributed by atoms with van der Waals surface area (Å²) in [5.41, 5.74) is 0. The highest BCUT2D eigenvalue weighted by atomic mass is 31.2. The zero-order chi connectivity index (χ0) is 7.49. The normalized spacial score (nSPS) is 24.2. The van der Waals surface area contributed by atoms with E-state index in [0.717, 1.165) is 6.61 Å². The minimum atomic E-state index is -4.64. The second-order valence-corrected chi connectivity index (χ2v) is 2.68. The van der Waals surface area contributed by atoms with E-state index >= 15 is 0 Å². The van der Waals surface area contributed by atoms with Gasteiger partial charge in [-0.3, -0.25) is 0 Å². The Morgan fingerprint density at radius 1 is 1.56 bits per heavy atom. The van der Waals surface area contributed by atoms with Gasteiger partial charge in [-0.25, -0.2) is 4.57 Å². The molecule has 0 bridgehead atoms. The summed E-state index contributed by atoms with van der Waals surface area (Å²) in [6.45, 7) is 3.04. The van der Waals surface area contributed by atoms with E-state index in [1.165, 1.54) is 0 Å². The highest BCUT2D eigenvalue weighted by Gasteiger charge is 2.13. The van der Waals surface area contributed by atoms with Crippen LogP contribution in [-0.2, 0) is 9.30 Å². The lowest BCUT2D eigenvalue weighted by Crippen LogP contribution is -1.66. The van der Waals surface area contributed by atoms with Crippen molar-refractivity contribution in [2.75, 3.05) is 6.61 Å². The van der Waals surface area contributed by atoms with E-state index in [1.807, 2.05) is 0 Å². The summed E-state index contributed by atoms with van der Waals surface area (Å²) in [5, 5.41) is 0. The van der Waals surface area contributed by atoms with Crippen LogP contribution in [0.25, 0.3) is 0 Å². The Morgan fingerprint density at radius 3 is 1.67 bits per heavy atom. The molecule has 1 atom stereocenters. The zero-order valence-electron chi connectivity index (χ0n) is 4.89. The topological polar surface area (TPSA) is 90.3 Å². The van der Waals surface area contributed by atoms with Crippen molar-refractivity contribution in [3.63, 3.8) is 0 Å². The Bertz CT molecular complexity index is 105. The Labute approximate surface area is 52.5 Å². The molecule has 0 aromatic carbocycles. The third-order valence-electron chi connectivity index (χ3n) is 0.500. The van der Waals surface area contributed by atoms with E-state index in [0.29, 0.717) is 6.10 Å². The van der Waals surface area contributed by atoms with Crippen LogP contribution >= 0.6 is 7.82 Å². The fraction of sp³-hybridized carbons (Fsp3) is 1.00. The van der Waals surface area contributed by atoms with Gasteiger partial charge in [0.2, 0.25) is 0 Å². The van der Waals surface area contributed by atoms with Crippen molar-refractivity contribution >= 4 is 7.82 Å². The second-order valence-electron chi connectivity index (χ2n) is 1.66. The Kier molecular flexibility index (Phi) is 3.32. The van der Waals surface area contributed by atoms with Crippen LogP contribution in [0, 0.1) is 0 Å². The van der Waals surface area contributed by atoms with Gasteiger partial charge in [-0.05, 0) is 6.92 Å². The van der Waals surface area contributed by atoms with E-state index in [4.69, 9.17) is 24.0 Å². The summed E-state index contributed by atoms with van der Waals surface area (Å²) in [6, 6.07) is 0. The van der Waals surface area contributed by atoms with Gasteiger partial charge in [-0.2, -0.15) is 0 Å². The molecule has 56 valence electrons. The molecule has 1 saturated heterocycles. The van der Waals surface area contributed by atoms with Crippen LogP contribution in [0.1, 0.15) is 6.92 Å². The minimum absolute atomic E-state index is 0.583. The molecule has 0 aromatic heterocycles. The van der Waals surface area contributed by atoms with Gasteiger partial charge in [0, 0.05) is 0 Å². The lowest BCUT2D eigenvalue weighted by atomic mass is 10.6. The minimum Gasteiger partial charge on any atom is -0.373 e. The van der Waals surface area contributed by atoms with Crippen molar-refractivity contribution in [1.29, 1.82) is 0 Å². The molecule has 5 nitrogen and oxygen atoms in total. The molecule has 1 heterocycles. The molecule has 0 saturated carbocycles. The zero-order valence-corrected chi connectivity index (χ0v) is 5.78. The number of ether oxygens (including phenoxy) is 1. The molecule has 1 rings (SSSR count). The first-order valence-electron chi connectivity index (χ1n) is 2.29. The van der Waals surface area contributed by atoms with Gasteiger partial charge in [0.15, 0.2) is 0 Å². The Hall–Kier alpha value is 0.0700. The van der Waals surface area contributed by atoms with Crippen molar-refractivity contribution in [3.05, 3.63) is 0 Å². The van der Waals surface area contributed by atoms with Crippen molar-refractivity contribution in [2.24, 2.45) is 0 Å². The largest absolute Gasteiger partial charge is 0.466 e. The van der Waals surface area contributed by atoms with Crippen molar-refractivity contribution in [2.45, 2.75) is 13.0 Å². The van der Waals surface area contributed by atoms with Crippen LogP contribution in [0.5, 0.6) is 0 Å². The van der Waals surface area contributed by atoms with Crippen LogP contribution in [0.3, 0.4) is 0 Å². The summed E-state index contributed by atoms with van der Waals surface area (Å²) in [4.78, 5) is 21.6. The maximum Gasteiger partial charge on any atom is 0.466 e. The molecule has 9 heavy (non-hydrogen) atoms. The SMILES string of the molecule is CC1CO1.O=P(O)(O)O. The fourth-order valence-corrected chi connectivity index (χ4v) is 0.0962. The van der Waals surface area contributed by atoms with Gasteiger partial charge in [-0.15, -0.1) is 0 Å². The summed E-state index contributed by atoms with van der Waals surface area (Å²) in [7, 11) is -4.64. The van der Waals surface area contributed by atoms with Crippen molar-refractivity contribution < 1.29 is 24.0 Å². The second kappa shape index (κ2) is 3.29. The lowest BCUT2D eigenvalue weighted by Gasteiger charge is -1.82. The first-order valence-corrected chi connectivity index (χ1v) is 3.86. The predicted molar refractivity (Wildman–Crippen MR) is 29.7 cm³/mol. The molecule has 1 aliphatic heterocycles. The third-order valence-corrected chi connectivity index (χ3v) is 0.500. The molecule has 0 spiro atoms. The molecule has 0 amide bonds.